The zero-order valence-electron chi connectivity index (χ0n) is 23.5. The lowest BCUT2D eigenvalue weighted by atomic mass is 10.1. The first-order valence-corrected chi connectivity index (χ1v) is 16.1. The largest absolute Gasteiger partial charge is 0.468 e. The third-order valence-corrected chi connectivity index (χ3v) is 8.39. The number of furan rings is 1. The highest BCUT2D eigenvalue weighted by Crippen LogP contribution is 2.32. The van der Waals surface area contributed by atoms with Crippen LogP contribution in [0.4, 0.5) is 11.4 Å². The minimum atomic E-state index is -3.99. The Morgan fingerprint density at radius 2 is 1.67 bits per heavy atom. The number of sulfonamides is 2. The molecule has 0 saturated heterocycles. The van der Waals surface area contributed by atoms with E-state index in [1.807, 2.05) is 0 Å². The normalized spacial score (nSPS) is 12.7. The van der Waals surface area contributed by atoms with Crippen molar-refractivity contribution in [2.45, 2.75) is 31.7 Å². The van der Waals surface area contributed by atoms with Crippen molar-refractivity contribution < 1.29 is 35.6 Å². The number of ether oxygens (including phenoxy) is 1. The van der Waals surface area contributed by atoms with Crippen molar-refractivity contribution in [2.24, 2.45) is 5.92 Å². The summed E-state index contributed by atoms with van der Waals surface area (Å²) in [7, 11) is -6.34. The van der Waals surface area contributed by atoms with Gasteiger partial charge in [0.15, 0.2) is 5.76 Å². The summed E-state index contributed by atoms with van der Waals surface area (Å²) in [5, 5.41) is 3.20. The molecule has 0 bridgehead atoms. The number of methoxy groups -OCH3 is 1. The molecule has 12 nitrogen and oxygen atoms in total. The maximum absolute atomic E-state index is 13.0. The number of anilines is 2. The fourth-order valence-corrected chi connectivity index (χ4v) is 6.16. The van der Waals surface area contributed by atoms with Gasteiger partial charge in [-0.25, -0.2) is 16.8 Å². The van der Waals surface area contributed by atoms with Crippen molar-refractivity contribution in [3.05, 3.63) is 72.1 Å². The molecule has 222 valence electrons. The first-order chi connectivity index (χ1) is 19.7. The van der Waals surface area contributed by atoms with Crippen molar-refractivity contribution in [1.29, 1.82) is 0 Å². The first-order valence-electron chi connectivity index (χ1n) is 12.7. The fourth-order valence-electron chi connectivity index (χ4n) is 4.25. The van der Waals surface area contributed by atoms with Gasteiger partial charge < -0.3 is 14.5 Å². The van der Waals surface area contributed by atoms with Crippen LogP contribution in [0.25, 0.3) is 22.2 Å². The van der Waals surface area contributed by atoms with E-state index in [2.05, 4.69) is 19.7 Å². The van der Waals surface area contributed by atoms with Gasteiger partial charge in [-0.2, -0.15) is 4.72 Å². The number of benzene rings is 2. The van der Waals surface area contributed by atoms with Crippen LogP contribution in [0.2, 0.25) is 0 Å². The van der Waals surface area contributed by atoms with Crippen LogP contribution in [0.3, 0.4) is 0 Å². The van der Waals surface area contributed by atoms with E-state index in [9.17, 15) is 26.4 Å². The Bertz CT molecular complexity index is 1850. The number of aryl methyl sites for hydroxylation is 1. The summed E-state index contributed by atoms with van der Waals surface area (Å²) in [4.78, 5) is 29.3. The highest BCUT2D eigenvalue weighted by Gasteiger charge is 2.29. The van der Waals surface area contributed by atoms with Crippen molar-refractivity contribution in [3.63, 3.8) is 0 Å². The number of carbonyl (C=O) groups excluding carboxylic acids is 2. The Hall–Kier alpha value is -4.27. The fraction of sp³-hybridized carbons (Fsp3) is 0.250. The molecule has 0 aliphatic heterocycles. The third kappa shape index (κ3) is 6.78. The molecule has 0 fully saturated rings. The second-order valence-corrected chi connectivity index (χ2v) is 13.3. The molecule has 0 radical (unpaired) electrons. The van der Waals surface area contributed by atoms with Gasteiger partial charge in [-0.05, 0) is 49.2 Å². The summed E-state index contributed by atoms with van der Waals surface area (Å²) < 4.78 is 64.4. The number of aromatic nitrogens is 1. The SMILES string of the molecule is COC(=O)C(NS(=O)(=O)c1ccc(-c2ccc(NC(=O)c3oc4cccc(NS(C)(=O)=O)c4c3C)cn2)cc1)C(C)C. The quantitative estimate of drug-likeness (QED) is 0.224. The summed E-state index contributed by atoms with van der Waals surface area (Å²) in [5.41, 5.74) is 2.65. The summed E-state index contributed by atoms with van der Waals surface area (Å²) in [5.74, 6) is -1.52. The number of rotatable bonds is 10. The lowest BCUT2D eigenvalue weighted by molar-refractivity contribution is -0.143. The van der Waals surface area contributed by atoms with Crippen LogP contribution in [-0.2, 0) is 29.6 Å². The van der Waals surface area contributed by atoms with Gasteiger partial charge in [-0.3, -0.25) is 19.3 Å². The minimum absolute atomic E-state index is 0.0224. The van der Waals surface area contributed by atoms with Crippen LogP contribution in [0.15, 0.2) is 70.1 Å². The van der Waals surface area contributed by atoms with Gasteiger partial charge in [0.2, 0.25) is 20.0 Å². The molecule has 1 unspecified atom stereocenters. The lowest BCUT2D eigenvalue weighted by Gasteiger charge is -2.19. The zero-order valence-corrected chi connectivity index (χ0v) is 25.1. The van der Waals surface area contributed by atoms with Crippen LogP contribution in [0.5, 0.6) is 0 Å². The Balaban J connectivity index is 1.49. The highest BCUT2D eigenvalue weighted by molar-refractivity contribution is 7.92. The van der Waals surface area contributed by atoms with Crippen LogP contribution in [-0.4, -0.2) is 53.1 Å². The van der Waals surface area contributed by atoms with Crippen LogP contribution < -0.4 is 14.8 Å². The van der Waals surface area contributed by atoms with E-state index in [-0.39, 0.29) is 16.6 Å². The van der Waals surface area contributed by atoms with Crippen LogP contribution >= 0.6 is 0 Å². The molecule has 4 aromatic rings. The van der Waals surface area contributed by atoms with Gasteiger partial charge in [-0.1, -0.05) is 32.0 Å². The van der Waals surface area contributed by atoms with Crippen LogP contribution in [0, 0.1) is 12.8 Å². The summed E-state index contributed by atoms with van der Waals surface area (Å²) in [6.07, 6.45) is 2.48. The molecule has 2 aromatic heterocycles. The number of hydrogen-bond donors (Lipinski definition) is 3. The number of carbonyl (C=O) groups is 2. The first kappa shape index (κ1) is 30.7. The number of pyridine rings is 1. The molecule has 1 atom stereocenters. The maximum atomic E-state index is 13.0. The predicted molar refractivity (Wildman–Crippen MR) is 158 cm³/mol. The smallest absolute Gasteiger partial charge is 0.324 e. The van der Waals surface area contributed by atoms with E-state index in [1.54, 1.807) is 63.2 Å². The average Bonchev–Trinajstić information content (AvgIpc) is 3.28. The minimum Gasteiger partial charge on any atom is -0.468 e. The van der Waals surface area contributed by atoms with Gasteiger partial charge in [0.1, 0.15) is 11.6 Å². The maximum Gasteiger partial charge on any atom is 0.324 e. The van der Waals surface area contributed by atoms with E-state index in [0.717, 1.165) is 6.26 Å². The molecule has 1 amide bonds. The van der Waals surface area contributed by atoms with Crippen molar-refractivity contribution in [1.82, 2.24) is 9.71 Å². The Kier molecular flexibility index (Phi) is 8.71. The number of nitrogens with zero attached hydrogens (tertiary/aromatic N) is 1. The van der Waals surface area contributed by atoms with E-state index in [4.69, 9.17) is 9.15 Å². The van der Waals surface area contributed by atoms with E-state index in [1.165, 1.54) is 25.4 Å². The number of fused-ring (bicyclic) bond motifs is 1. The number of nitrogens with one attached hydrogen (secondary N) is 3. The summed E-state index contributed by atoms with van der Waals surface area (Å²) in [6, 6.07) is 13.1. The molecule has 4 rings (SSSR count). The van der Waals surface area contributed by atoms with Gasteiger partial charge in [0.05, 0.1) is 41.5 Å². The lowest BCUT2D eigenvalue weighted by Crippen LogP contribution is -2.44. The van der Waals surface area contributed by atoms with Crippen molar-refractivity contribution >= 4 is 54.3 Å². The molecule has 14 heteroatoms. The second-order valence-electron chi connectivity index (χ2n) is 9.89. The standard InChI is InChI=1S/C28H30N4O8S2/c1-16(2)25(28(34)39-4)32-42(37,38)20-12-9-18(10-13-20)21-14-11-19(15-29-21)30-27(33)26-17(3)24-22(31-41(5,35)36)7-6-8-23(24)40-26/h6-16,25,31-32H,1-5H3,(H,30,33). The van der Waals surface area contributed by atoms with Gasteiger partial charge in [0.25, 0.3) is 5.91 Å². The molecule has 3 N–H and O–H groups in total. The second kappa shape index (κ2) is 11.9. The summed E-state index contributed by atoms with van der Waals surface area (Å²) in [6.45, 7) is 5.07. The Morgan fingerprint density at radius 1 is 0.976 bits per heavy atom. The predicted octanol–water partition coefficient (Wildman–Crippen LogP) is 3.90. The molecule has 0 saturated carbocycles. The number of amides is 1. The summed E-state index contributed by atoms with van der Waals surface area (Å²) >= 11 is 0. The molecule has 2 aromatic carbocycles. The number of hydrogen-bond acceptors (Lipinski definition) is 9. The molecule has 0 aliphatic rings. The third-order valence-electron chi connectivity index (χ3n) is 6.34. The molecule has 0 aliphatic carbocycles. The average molecular weight is 615 g/mol. The molecule has 0 spiro atoms. The topological polar surface area (TPSA) is 174 Å². The molecule has 2 heterocycles. The van der Waals surface area contributed by atoms with Crippen molar-refractivity contribution in [3.8, 4) is 11.3 Å². The molecular weight excluding hydrogens is 584 g/mol. The highest BCUT2D eigenvalue weighted by atomic mass is 32.2. The van der Waals surface area contributed by atoms with Crippen LogP contribution in [0.1, 0.15) is 30.0 Å². The van der Waals surface area contributed by atoms with Crippen molar-refractivity contribution in [2.75, 3.05) is 23.4 Å². The van der Waals surface area contributed by atoms with Gasteiger partial charge in [0, 0.05) is 16.5 Å². The Morgan fingerprint density at radius 3 is 2.24 bits per heavy atom. The monoisotopic (exact) mass is 614 g/mol. The number of esters is 1. The van der Waals surface area contributed by atoms with Gasteiger partial charge in [-0.15, -0.1) is 0 Å². The molecule has 42 heavy (non-hydrogen) atoms. The zero-order chi connectivity index (χ0) is 30.8. The van der Waals surface area contributed by atoms with E-state index in [0.29, 0.717) is 39.2 Å². The molecular formula is C28H30N4O8S2. The van der Waals surface area contributed by atoms with E-state index >= 15 is 0 Å². The Labute approximate surface area is 243 Å². The van der Waals surface area contributed by atoms with Gasteiger partial charge >= 0.3 is 5.97 Å². The van der Waals surface area contributed by atoms with E-state index < -0.39 is 38.0 Å².